The molecule has 0 amide bonds. The predicted octanol–water partition coefficient (Wildman–Crippen LogP) is 16.4. The summed E-state index contributed by atoms with van der Waals surface area (Å²) in [6.45, 7) is 0. The third-order valence-electron chi connectivity index (χ3n) is 12.3. The van der Waals surface area contributed by atoms with Gasteiger partial charge in [0.2, 0.25) is 0 Å². The first-order valence-electron chi connectivity index (χ1n) is 21.4. The van der Waals surface area contributed by atoms with Crippen molar-refractivity contribution in [2.75, 3.05) is 9.80 Å². The minimum Gasteiger partial charge on any atom is -0.311 e. The van der Waals surface area contributed by atoms with Gasteiger partial charge in [0.05, 0.1) is 0 Å². The molecule has 1 aliphatic carbocycles. The van der Waals surface area contributed by atoms with E-state index in [-0.39, 0.29) is 0 Å². The molecule has 2 heteroatoms. The summed E-state index contributed by atoms with van der Waals surface area (Å²) in [5, 5.41) is 2.54. The van der Waals surface area contributed by atoms with E-state index in [1.165, 1.54) is 77.8 Å². The molecule has 0 bridgehead atoms. The highest BCUT2D eigenvalue weighted by atomic mass is 15.2. The lowest BCUT2D eigenvalue weighted by atomic mass is 9.89. The van der Waals surface area contributed by atoms with E-state index in [1.807, 2.05) is 0 Å². The van der Waals surface area contributed by atoms with Crippen molar-refractivity contribution in [3.63, 3.8) is 0 Å². The number of hydrogen-bond acceptors (Lipinski definition) is 2. The molecule has 0 fully saturated rings. The number of hydrogen-bond donors (Lipinski definition) is 0. The molecule has 0 aromatic heterocycles. The summed E-state index contributed by atoms with van der Waals surface area (Å²) in [7, 11) is 0. The number of anilines is 6. The third-order valence-corrected chi connectivity index (χ3v) is 12.3. The zero-order valence-electron chi connectivity index (χ0n) is 34.0. The zero-order chi connectivity index (χ0) is 40.5. The van der Waals surface area contributed by atoms with Crippen molar-refractivity contribution in [1.29, 1.82) is 0 Å². The molecule has 1 heterocycles. The first kappa shape index (κ1) is 36.4. The first-order chi connectivity index (χ1) is 30.2. The van der Waals surface area contributed by atoms with E-state index in [0.717, 1.165) is 42.0 Å². The van der Waals surface area contributed by atoms with Crippen molar-refractivity contribution in [2.45, 2.75) is 19.3 Å². The van der Waals surface area contributed by atoms with Crippen LogP contribution in [-0.2, 0) is 6.42 Å². The van der Waals surface area contributed by atoms with Crippen molar-refractivity contribution in [2.24, 2.45) is 0 Å². The standard InChI is InChI=1S/C59H44N2/c1-4-13-42(14-5-1)44-23-31-53(32-24-44)60(54-33-25-45(26-34-54)43-15-6-2-7-16-43)55-35-27-46(28-36-55)48-29-37-58-50(39-48)41-51-40-49(57-22-12-18-47-17-10-11-21-56(47)57)30-38-59(51)61(58)52-19-8-3-9-20-52/h1,3-6,8-40H,2,7,41H2. The van der Waals surface area contributed by atoms with E-state index in [1.54, 1.807) is 0 Å². The van der Waals surface area contributed by atoms with E-state index in [0.29, 0.717) is 0 Å². The fourth-order valence-electron chi connectivity index (χ4n) is 9.22. The van der Waals surface area contributed by atoms with Gasteiger partial charge in [-0.2, -0.15) is 0 Å². The van der Waals surface area contributed by atoms with Crippen LogP contribution in [0.15, 0.2) is 231 Å². The molecule has 2 nitrogen and oxygen atoms in total. The number of fused-ring (bicyclic) bond motifs is 3. The Hall–Kier alpha value is -7.68. The van der Waals surface area contributed by atoms with E-state index >= 15 is 0 Å². The van der Waals surface area contributed by atoms with Gasteiger partial charge in [-0.3, -0.25) is 0 Å². The molecule has 0 unspecified atom stereocenters. The average Bonchev–Trinajstić information content (AvgIpc) is 3.34. The van der Waals surface area contributed by atoms with Crippen LogP contribution >= 0.6 is 0 Å². The van der Waals surface area contributed by atoms with Crippen LogP contribution in [0.2, 0.25) is 0 Å². The summed E-state index contributed by atoms with van der Waals surface area (Å²) in [5.41, 5.74) is 19.5. The highest BCUT2D eigenvalue weighted by Gasteiger charge is 2.25. The predicted molar refractivity (Wildman–Crippen MR) is 259 cm³/mol. The maximum Gasteiger partial charge on any atom is 0.0497 e. The third kappa shape index (κ3) is 7.03. The lowest BCUT2D eigenvalue weighted by Gasteiger charge is -2.34. The van der Waals surface area contributed by atoms with Crippen molar-refractivity contribution < 1.29 is 0 Å². The van der Waals surface area contributed by atoms with Crippen molar-refractivity contribution in [3.05, 3.63) is 247 Å². The van der Waals surface area contributed by atoms with Crippen LogP contribution in [0, 0.1) is 0 Å². The van der Waals surface area contributed by atoms with Crippen molar-refractivity contribution in [3.8, 4) is 33.4 Å². The van der Waals surface area contributed by atoms with E-state index in [2.05, 4.69) is 240 Å². The van der Waals surface area contributed by atoms with Crippen LogP contribution in [-0.4, -0.2) is 0 Å². The molecule has 9 aromatic rings. The quantitative estimate of drug-likeness (QED) is 0.152. The van der Waals surface area contributed by atoms with Gasteiger partial charge in [0.15, 0.2) is 0 Å². The van der Waals surface area contributed by atoms with Gasteiger partial charge in [-0.25, -0.2) is 0 Å². The Kier molecular flexibility index (Phi) is 9.44. The number of nitrogens with zero attached hydrogens (tertiary/aromatic N) is 2. The Morgan fingerprint density at radius 1 is 0.393 bits per heavy atom. The Morgan fingerprint density at radius 2 is 0.918 bits per heavy atom. The van der Waals surface area contributed by atoms with Gasteiger partial charge in [0.25, 0.3) is 0 Å². The molecule has 11 rings (SSSR count). The van der Waals surface area contributed by atoms with Crippen molar-refractivity contribution in [1.82, 2.24) is 0 Å². The molecule has 2 aliphatic rings. The van der Waals surface area contributed by atoms with Crippen LogP contribution < -0.4 is 9.80 Å². The molecule has 1 aliphatic heterocycles. The number of rotatable bonds is 8. The van der Waals surface area contributed by atoms with Gasteiger partial charge < -0.3 is 9.80 Å². The summed E-state index contributed by atoms with van der Waals surface area (Å²) in [6.07, 6.45) is 9.93. The monoisotopic (exact) mass is 780 g/mol. The minimum absolute atomic E-state index is 0.855. The lowest BCUT2D eigenvalue weighted by Crippen LogP contribution is -2.18. The van der Waals surface area contributed by atoms with Gasteiger partial charge in [-0.1, -0.05) is 158 Å². The molecular weight excluding hydrogens is 737 g/mol. The molecule has 9 aromatic carbocycles. The smallest absolute Gasteiger partial charge is 0.0497 e. The SMILES string of the molecule is C1=CC(c2ccc(N(c3ccc(-c4ccccc4)cc3)c3ccc(-c4ccc5c(c4)Cc4cc(-c6cccc7ccccc67)ccc4N5c4ccccc4)cc3)cc2)=CCC1. The van der Waals surface area contributed by atoms with Gasteiger partial charge in [0.1, 0.15) is 0 Å². The van der Waals surface area contributed by atoms with Crippen LogP contribution in [0.4, 0.5) is 34.1 Å². The highest BCUT2D eigenvalue weighted by molar-refractivity contribution is 5.98. The Morgan fingerprint density at radius 3 is 1.57 bits per heavy atom. The summed E-state index contributed by atoms with van der Waals surface area (Å²) >= 11 is 0. The average molecular weight is 781 g/mol. The van der Waals surface area contributed by atoms with E-state index < -0.39 is 0 Å². The molecule has 290 valence electrons. The maximum absolute atomic E-state index is 2.43. The van der Waals surface area contributed by atoms with Gasteiger partial charge in [0, 0.05) is 40.5 Å². The molecule has 0 atom stereocenters. The van der Waals surface area contributed by atoms with E-state index in [9.17, 15) is 0 Å². The summed E-state index contributed by atoms with van der Waals surface area (Å²) < 4.78 is 0. The summed E-state index contributed by atoms with van der Waals surface area (Å²) in [6, 6.07) is 77.7. The summed E-state index contributed by atoms with van der Waals surface area (Å²) in [4.78, 5) is 4.80. The fourth-order valence-corrected chi connectivity index (χ4v) is 9.22. The largest absolute Gasteiger partial charge is 0.311 e. The number of para-hydroxylation sites is 1. The van der Waals surface area contributed by atoms with Gasteiger partial charge in [-0.15, -0.1) is 0 Å². The molecule has 0 saturated heterocycles. The maximum atomic E-state index is 2.43. The second kappa shape index (κ2) is 15.8. The molecule has 0 N–H and O–H groups in total. The number of benzene rings is 9. The van der Waals surface area contributed by atoms with Gasteiger partial charge >= 0.3 is 0 Å². The first-order valence-corrected chi connectivity index (χ1v) is 21.4. The zero-order valence-corrected chi connectivity index (χ0v) is 34.0. The second-order valence-corrected chi connectivity index (χ2v) is 16.0. The highest BCUT2D eigenvalue weighted by Crippen LogP contribution is 2.47. The van der Waals surface area contributed by atoms with Crippen LogP contribution in [0.25, 0.3) is 49.7 Å². The van der Waals surface area contributed by atoms with Crippen LogP contribution in [0.5, 0.6) is 0 Å². The fraction of sp³-hybridized carbons (Fsp3) is 0.0508. The Labute approximate surface area is 358 Å². The summed E-state index contributed by atoms with van der Waals surface area (Å²) in [5.74, 6) is 0. The van der Waals surface area contributed by atoms with E-state index in [4.69, 9.17) is 0 Å². The molecule has 0 saturated carbocycles. The van der Waals surface area contributed by atoms with Gasteiger partial charge in [-0.05, 0) is 152 Å². The molecular formula is C59H44N2. The second-order valence-electron chi connectivity index (χ2n) is 16.0. The Bertz CT molecular complexity index is 3060. The van der Waals surface area contributed by atoms with Crippen LogP contribution in [0.3, 0.4) is 0 Å². The Balaban J connectivity index is 0.950. The molecule has 61 heavy (non-hydrogen) atoms. The number of allylic oxidation sites excluding steroid dienone is 4. The molecule has 0 radical (unpaired) electrons. The van der Waals surface area contributed by atoms with Crippen molar-refractivity contribution >= 4 is 50.5 Å². The normalized spacial score (nSPS) is 13.0. The topological polar surface area (TPSA) is 6.48 Å². The lowest BCUT2D eigenvalue weighted by molar-refractivity contribution is 1.04. The van der Waals surface area contributed by atoms with Crippen LogP contribution in [0.1, 0.15) is 29.5 Å². The minimum atomic E-state index is 0.855. The molecule has 0 spiro atoms.